The third-order valence-electron chi connectivity index (χ3n) is 5.83. The van der Waals surface area contributed by atoms with Crippen LogP contribution in [-0.2, 0) is 0 Å². The zero-order valence-corrected chi connectivity index (χ0v) is 17.2. The SMILES string of the molecule is O=[N+]([O-])c1c(N2CCN(CCO)CC2)ncnc1N1CCN(c2ccc(F)cc2)CC1. The van der Waals surface area contributed by atoms with E-state index in [1.165, 1.54) is 18.5 Å². The van der Waals surface area contributed by atoms with E-state index in [4.69, 9.17) is 5.11 Å². The number of hydrogen-bond acceptors (Lipinski definition) is 9. The van der Waals surface area contributed by atoms with Crippen LogP contribution in [-0.4, -0.2) is 90.4 Å². The van der Waals surface area contributed by atoms with Gasteiger partial charge in [0.05, 0.1) is 11.5 Å². The summed E-state index contributed by atoms with van der Waals surface area (Å²) in [5.74, 6) is 0.412. The summed E-state index contributed by atoms with van der Waals surface area (Å²) in [6.45, 7) is 5.79. The van der Waals surface area contributed by atoms with E-state index in [0.717, 1.165) is 5.69 Å². The maximum Gasteiger partial charge on any atom is 0.353 e. The molecule has 1 aromatic heterocycles. The van der Waals surface area contributed by atoms with Gasteiger partial charge in [-0.2, -0.15) is 0 Å². The second kappa shape index (κ2) is 9.40. The minimum atomic E-state index is -0.392. The molecular formula is C20H26FN7O3. The highest BCUT2D eigenvalue weighted by molar-refractivity contribution is 5.71. The fourth-order valence-corrected chi connectivity index (χ4v) is 4.14. The summed E-state index contributed by atoms with van der Waals surface area (Å²) in [5, 5.41) is 21.1. The van der Waals surface area contributed by atoms with Crippen LogP contribution in [0.2, 0.25) is 0 Å². The van der Waals surface area contributed by atoms with Crippen molar-refractivity contribution in [2.45, 2.75) is 0 Å². The van der Waals surface area contributed by atoms with Crippen molar-refractivity contribution in [3.05, 3.63) is 46.5 Å². The van der Waals surface area contributed by atoms with Gasteiger partial charge in [-0.1, -0.05) is 0 Å². The standard InChI is InChI=1S/C20H26FN7O3/c21-16-1-3-17(4-2-16)25-9-11-27(12-10-25)20-18(28(30)31)19(22-15-23-20)26-7-5-24(6-8-26)13-14-29/h1-4,15,29H,5-14H2. The Morgan fingerprint density at radius 1 is 0.903 bits per heavy atom. The lowest BCUT2D eigenvalue weighted by Gasteiger charge is -2.37. The Morgan fingerprint density at radius 3 is 1.94 bits per heavy atom. The van der Waals surface area contributed by atoms with Gasteiger partial charge in [-0.15, -0.1) is 0 Å². The number of aliphatic hydroxyl groups is 1. The number of nitro groups is 1. The second-order valence-corrected chi connectivity index (χ2v) is 7.63. The highest BCUT2D eigenvalue weighted by atomic mass is 19.1. The average Bonchev–Trinajstić information content (AvgIpc) is 2.80. The first-order valence-corrected chi connectivity index (χ1v) is 10.4. The highest BCUT2D eigenvalue weighted by Crippen LogP contribution is 2.35. The molecular weight excluding hydrogens is 405 g/mol. The summed E-state index contributed by atoms with van der Waals surface area (Å²) in [7, 11) is 0. The molecule has 0 atom stereocenters. The zero-order valence-electron chi connectivity index (χ0n) is 17.2. The van der Waals surface area contributed by atoms with Gasteiger partial charge in [0.2, 0.25) is 11.6 Å². The van der Waals surface area contributed by atoms with E-state index < -0.39 is 4.92 Å². The number of nitrogens with zero attached hydrogens (tertiary/aromatic N) is 7. The molecule has 0 spiro atoms. The molecule has 0 unspecified atom stereocenters. The predicted molar refractivity (Wildman–Crippen MR) is 115 cm³/mol. The first-order chi connectivity index (χ1) is 15.1. The Bertz CT molecular complexity index is 898. The molecule has 2 aliphatic rings. The number of aromatic nitrogens is 2. The van der Waals surface area contributed by atoms with Crippen LogP contribution in [0, 0.1) is 15.9 Å². The lowest BCUT2D eigenvalue weighted by molar-refractivity contribution is -0.383. The smallest absolute Gasteiger partial charge is 0.353 e. The highest BCUT2D eigenvalue weighted by Gasteiger charge is 2.32. The fraction of sp³-hybridized carbons (Fsp3) is 0.500. The zero-order chi connectivity index (χ0) is 21.8. The molecule has 2 saturated heterocycles. The monoisotopic (exact) mass is 431 g/mol. The Hall–Kier alpha value is -3.05. The molecule has 2 aromatic rings. The molecule has 0 radical (unpaired) electrons. The van der Waals surface area contributed by atoms with Crippen molar-refractivity contribution in [1.82, 2.24) is 14.9 Å². The molecule has 3 heterocycles. The third kappa shape index (κ3) is 4.67. The van der Waals surface area contributed by atoms with Crippen molar-refractivity contribution in [1.29, 1.82) is 0 Å². The summed E-state index contributed by atoms with van der Waals surface area (Å²) in [5.41, 5.74) is 0.869. The fourth-order valence-electron chi connectivity index (χ4n) is 4.14. The number of anilines is 3. The number of β-amino-alcohol motifs (C(OH)–C–C–N with tert-alkyl or cyclic N) is 1. The van der Waals surface area contributed by atoms with Gasteiger partial charge >= 0.3 is 5.69 Å². The van der Waals surface area contributed by atoms with E-state index in [9.17, 15) is 14.5 Å². The molecule has 0 aliphatic carbocycles. The quantitative estimate of drug-likeness (QED) is 0.529. The minimum absolute atomic E-state index is 0.0617. The largest absolute Gasteiger partial charge is 0.395 e. The number of rotatable bonds is 6. The van der Waals surface area contributed by atoms with Crippen LogP contribution in [0.5, 0.6) is 0 Å². The minimum Gasteiger partial charge on any atom is -0.395 e. The van der Waals surface area contributed by atoms with Crippen LogP contribution >= 0.6 is 0 Å². The van der Waals surface area contributed by atoms with Gasteiger partial charge in [0, 0.05) is 64.6 Å². The molecule has 10 nitrogen and oxygen atoms in total. The number of piperazine rings is 2. The predicted octanol–water partition coefficient (Wildman–Crippen LogP) is 0.965. The summed E-state index contributed by atoms with van der Waals surface area (Å²) >= 11 is 0. The second-order valence-electron chi connectivity index (χ2n) is 7.63. The van der Waals surface area contributed by atoms with Crippen LogP contribution in [0.25, 0.3) is 0 Å². The topological polar surface area (TPSA) is 102 Å². The Labute approximate surface area is 179 Å². The Morgan fingerprint density at radius 2 is 1.42 bits per heavy atom. The van der Waals surface area contributed by atoms with E-state index in [1.807, 2.05) is 9.80 Å². The van der Waals surface area contributed by atoms with Gasteiger partial charge in [0.25, 0.3) is 0 Å². The molecule has 0 saturated carbocycles. The van der Waals surface area contributed by atoms with Crippen molar-refractivity contribution >= 4 is 23.0 Å². The summed E-state index contributed by atoms with van der Waals surface area (Å²) in [4.78, 5) is 28.2. The molecule has 0 bridgehead atoms. The van der Waals surface area contributed by atoms with Crippen molar-refractivity contribution in [3.8, 4) is 0 Å². The van der Waals surface area contributed by atoms with Crippen LogP contribution in [0.3, 0.4) is 0 Å². The Balaban J connectivity index is 1.49. The van der Waals surface area contributed by atoms with E-state index >= 15 is 0 Å². The van der Waals surface area contributed by atoms with Crippen LogP contribution in [0.1, 0.15) is 0 Å². The first kappa shape index (κ1) is 21.2. The van der Waals surface area contributed by atoms with Gasteiger partial charge < -0.3 is 19.8 Å². The number of halogens is 1. The van der Waals surface area contributed by atoms with Gasteiger partial charge in [-0.25, -0.2) is 14.4 Å². The van der Waals surface area contributed by atoms with Gasteiger partial charge in [0.15, 0.2) is 0 Å². The lowest BCUT2D eigenvalue weighted by Crippen LogP contribution is -2.48. The number of aliphatic hydroxyl groups excluding tert-OH is 1. The van der Waals surface area contributed by atoms with E-state index in [-0.39, 0.29) is 18.1 Å². The molecule has 31 heavy (non-hydrogen) atoms. The van der Waals surface area contributed by atoms with Crippen LogP contribution in [0.4, 0.5) is 27.4 Å². The molecule has 11 heteroatoms. The summed E-state index contributed by atoms with van der Waals surface area (Å²) < 4.78 is 13.2. The van der Waals surface area contributed by atoms with Gasteiger partial charge in [-0.3, -0.25) is 15.0 Å². The molecule has 2 aliphatic heterocycles. The van der Waals surface area contributed by atoms with Crippen LogP contribution < -0.4 is 14.7 Å². The number of hydrogen-bond donors (Lipinski definition) is 1. The summed E-state index contributed by atoms with van der Waals surface area (Å²) in [6.07, 6.45) is 1.39. The lowest BCUT2D eigenvalue weighted by atomic mass is 10.2. The molecule has 0 amide bonds. The summed E-state index contributed by atoms with van der Waals surface area (Å²) in [6, 6.07) is 6.35. The van der Waals surface area contributed by atoms with Gasteiger partial charge in [-0.05, 0) is 24.3 Å². The number of benzene rings is 1. The maximum atomic E-state index is 13.2. The van der Waals surface area contributed by atoms with E-state index in [0.29, 0.717) is 70.5 Å². The van der Waals surface area contributed by atoms with Crippen LogP contribution in [0.15, 0.2) is 30.6 Å². The van der Waals surface area contributed by atoms with Crippen molar-refractivity contribution < 1.29 is 14.4 Å². The van der Waals surface area contributed by atoms with E-state index in [1.54, 1.807) is 12.1 Å². The Kier molecular flexibility index (Phi) is 6.42. The van der Waals surface area contributed by atoms with Gasteiger partial charge in [0.1, 0.15) is 12.1 Å². The molecule has 4 rings (SSSR count). The average molecular weight is 431 g/mol. The van der Waals surface area contributed by atoms with Crippen molar-refractivity contribution in [3.63, 3.8) is 0 Å². The first-order valence-electron chi connectivity index (χ1n) is 10.4. The third-order valence-corrected chi connectivity index (χ3v) is 5.83. The molecule has 2 fully saturated rings. The van der Waals surface area contributed by atoms with Crippen molar-refractivity contribution in [2.75, 3.05) is 80.2 Å². The maximum absolute atomic E-state index is 13.2. The molecule has 1 N–H and O–H groups in total. The van der Waals surface area contributed by atoms with E-state index in [2.05, 4.69) is 19.8 Å². The van der Waals surface area contributed by atoms with Crippen molar-refractivity contribution in [2.24, 2.45) is 0 Å². The normalized spacial score (nSPS) is 17.8. The molecule has 166 valence electrons. The molecule has 1 aromatic carbocycles.